The summed E-state index contributed by atoms with van der Waals surface area (Å²) in [7, 11) is -4.07. The van der Waals surface area contributed by atoms with E-state index in [0.29, 0.717) is 12.2 Å². The topological polar surface area (TPSA) is 107 Å². The van der Waals surface area contributed by atoms with Crippen molar-refractivity contribution in [2.24, 2.45) is 5.73 Å². The van der Waals surface area contributed by atoms with Crippen molar-refractivity contribution in [2.45, 2.75) is 25.3 Å². The van der Waals surface area contributed by atoms with Gasteiger partial charge in [-0.1, -0.05) is 23.2 Å². The lowest BCUT2D eigenvalue weighted by atomic mass is 10.3. The van der Waals surface area contributed by atoms with Crippen molar-refractivity contribution in [3.63, 3.8) is 0 Å². The molecule has 0 saturated carbocycles. The molecule has 0 aliphatic heterocycles. The third-order valence-electron chi connectivity index (χ3n) is 3.08. The van der Waals surface area contributed by atoms with E-state index >= 15 is 0 Å². The second-order valence-corrected chi connectivity index (χ2v) is 7.16. The maximum absolute atomic E-state index is 12.6. The van der Waals surface area contributed by atoms with Crippen LogP contribution in [-0.2, 0) is 16.6 Å². The number of nitrogens with zero attached hydrogens (tertiary/aromatic N) is 2. The van der Waals surface area contributed by atoms with Gasteiger partial charge in [0.05, 0.1) is 10.7 Å². The van der Waals surface area contributed by atoms with Crippen LogP contribution in [0.15, 0.2) is 23.1 Å². The van der Waals surface area contributed by atoms with Crippen molar-refractivity contribution < 1.29 is 13.2 Å². The molecule has 0 unspecified atom stereocenters. The molecule has 10 heteroatoms. The van der Waals surface area contributed by atoms with E-state index in [1.54, 1.807) is 13.8 Å². The molecule has 124 valence electrons. The number of amides is 1. The number of carbonyl (C=O) groups excluding carboxylic acids is 1. The standard InChI is InChI=1S/C13H14Cl2N4O3S/c1-3-19-12(13(16)20)11(7(2)17-19)18-23(21,22)10-6-8(14)4-5-9(10)15/h4-6,18H,3H2,1-2H3,(H2,16,20). The van der Waals surface area contributed by atoms with Gasteiger partial charge in [-0.05, 0) is 32.0 Å². The Morgan fingerprint density at radius 1 is 1.39 bits per heavy atom. The van der Waals surface area contributed by atoms with Crippen LogP contribution < -0.4 is 10.5 Å². The van der Waals surface area contributed by atoms with E-state index in [0.717, 1.165) is 0 Å². The summed E-state index contributed by atoms with van der Waals surface area (Å²) in [5.41, 5.74) is 5.66. The molecule has 0 aliphatic rings. The molecule has 0 bridgehead atoms. The number of sulfonamides is 1. The molecule has 2 aromatic rings. The molecule has 0 spiro atoms. The van der Waals surface area contributed by atoms with Crippen molar-refractivity contribution in [3.05, 3.63) is 39.6 Å². The number of hydrogen-bond acceptors (Lipinski definition) is 4. The molecule has 7 nitrogen and oxygen atoms in total. The van der Waals surface area contributed by atoms with Gasteiger partial charge in [-0.25, -0.2) is 8.42 Å². The molecule has 0 atom stereocenters. The maximum atomic E-state index is 12.6. The summed E-state index contributed by atoms with van der Waals surface area (Å²) in [6.45, 7) is 3.68. The molecule has 1 heterocycles. The third kappa shape index (κ3) is 3.44. The Morgan fingerprint density at radius 3 is 2.61 bits per heavy atom. The number of benzene rings is 1. The number of nitrogens with two attached hydrogens (primary N) is 1. The van der Waals surface area contributed by atoms with Gasteiger partial charge in [-0.2, -0.15) is 5.10 Å². The lowest BCUT2D eigenvalue weighted by Gasteiger charge is -2.10. The Balaban J connectivity index is 2.56. The Kier molecular flexibility index (Phi) is 4.88. The average molecular weight is 377 g/mol. The summed E-state index contributed by atoms with van der Waals surface area (Å²) in [6, 6.07) is 4.06. The number of nitrogens with one attached hydrogen (secondary N) is 1. The molecule has 1 amide bonds. The third-order valence-corrected chi connectivity index (χ3v) is 5.15. The number of carbonyl (C=O) groups is 1. The molecule has 2 rings (SSSR count). The summed E-state index contributed by atoms with van der Waals surface area (Å²) in [5, 5.41) is 4.31. The average Bonchev–Trinajstić information content (AvgIpc) is 2.77. The predicted octanol–water partition coefficient (Wildman–Crippen LogP) is 2.42. The van der Waals surface area contributed by atoms with Gasteiger partial charge < -0.3 is 5.73 Å². The van der Waals surface area contributed by atoms with E-state index in [2.05, 4.69) is 9.82 Å². The maximum Gasteiger partial charge on any atom is 0.269 e. The number of hydrogen-bond donors (Lipinski definition) is 2. The van der Waals surface area contributed by atoms with E-state index in [9.17, 15) is 13.2 Å². The largest absolute Gasteiger partial charge is 0.364 e. The fourth-order valence-electron chi connectivity index (χ4n) is 2.06. The monoisotopic (exact) mass is 376 g/mol. The highest BCUT2D eigenvalue weighted by atomic mass is 35.5. The number of aryl methyl sites for hydroxylation is 2. The zero-order valence-corrected chi connectivity index (χ0v) is 14.6. The highest BCUT2D eigenvalue weighted by Gasteiger charge is 2.25. The van der Waals surface area contributed by atoms with E-state index in [4.69, 9.17) is 28.9 Å². The molecule has 0 fully saturated rings. The predicted molar refractivity (Wildman–Crippen MR) is 88.4 cm³/mol. The van der Waals surface area contributed by atoms with Crippen molar-refractivity contribution >= 4 is 44.8 Å². The summed E-state index contributed by atoms with van der Waals surface area (Å²) < 4.78 is 28.8. The van der Waals surface area contributed by atoms with Crippen LogP contribution in [-0.4, -0.2) is 24.1 Å². The number of anilines is 1. The molecule has 1 aromatic heterocycles. The Labute approximate surface area is 143 Å². The molecule has 1 aromatic carbocycles. The van der Waals surface area contributed by atoms with Gasteiger partial charge in [0, 0.05) is 11.6 Å². The minimum atomic E-state index is -4.07. The van der Waals surface area contributed by atoms with E-state index in [1.165, 1.54) is 22.9 Å². The van der Waals surface area contributed by atoms with Crippen molar-refractivity contribution in [3.8, 4) is 0 Å². The van der Waals surface area contributed by atoms with Crippen LogP contribution in [0.1, 0.15) is 23.1 Å². The fraction of sp³-hybridized carbons (Fsp3) is 0.231. The molecule has 3 N–H and O–H groups in total. The Hall–Kier alpha value is -1.77. The van der Waals surface area contributed by atoms with Crippen LogP contribution in [0, 0.1) is 6.92 Å². The van der Waals surface area contributed by atoms with E-state index in [-0.39, 0.29) is 26.3 Å². The summed E-state index contributed by atoms with van der Waals surface area (Å²) in [5.74, 6) is -0.789. The normalized spacial score (nSPS) is 11.5. The number of halogens is 2. The highest BCUT2D eigenvalue weighted by molar-refractivity contribution is 7.92. The summed E-state index contributed by atoms with van der Waals surface area (Å²) in [4.78, 5) is 11.4. The first-order valence-corrected chi connectivity index (χ1v) is 8.76. The van der Waals surface area contributed by atoms with Crippen molar-refractivity contribution in [1.82, 2.24) is 9.78 Å². The number of primary amides is 1. The molecule has 0 saturated heterocycles. The quantitative estimate of drug-likeness (QED) is 0.834. The second-order valence-electron chi connectivity index (χ2n) is 4.67. The van der Waals surface area contributed by atoms with Crippen LogP contribution in [0.3, 0.4) is 0 Å². The lowest BCUT2D eigenvalue weighted by Crippen LogP contribution is -2.21. The smallest absolute Gasteiger partial charge is 0.269 e. The van der Waals surface area contributed by atoms with Gasteiger partial charge in [-0.3, -0.25) is 14.2 Å². The summed E-state index contributed by atoms with van der Waals surface area (Å²) >= 11 is 11.8. The van der Waals surface area contributed by atoms with Gasteiger partial charge in [0.1, 0.15) is 16.3 Å². The van der Waals surface area contributed by atoms with Crippen LogP contribution in [0.25, 0.3) is 0 Å². The van der Waals surface area contributed by atoms with Crippen molar-refractivity contribution in [2.75, 3.05) is 4.72 Å². The zero-order chi connectivity index (χ0) is 17.4. The number of aromatic nitrogens is 2. The van der Waals surface area contributed by atoms with Gasteiger partial charge >= 0.3 is 0 Å². The minimum Gasteiger partial charge on any atom is -0.364 e. The van der Waals surface area contributed by atoms with Gasteiger partial charge in [0.15, 0.2) is 0 Å². The van der Waals surface area contributed by atoms with E-state index in [1.807, 2.05) is 0 Å². The molecular weight excluding hydrogens is 363 g/mol. The van der Waals surface area contributed by atoms with Gasteiger partial charge in [-0.15, -0.1) is 0 Å². The van der Waals surface area contributed by atoms with Gasteiger partial charge in [0.25, 0.3) is 15.9 Å². The number of rotatable bonds is 5. The lowest BCUT2D eigenvalue weighted by molar-refractivity contribution is 0.0991. The Morgan fingerprint density at radius 2 is 2.04 bits per heavy atom. The minimum absolute atomic E-state index is 0.00283. The van der Waals surface area contributed by atoms with Crippen LogP contribution in [0.2, 0.25) is 10.0 Å². The first kappa shape index (κ1) is 17.6. The Bertz CT molecular complexity index is 878. The molecule has 0 aliphatic carbocycles. The summed E-state index contributed by atoms with van der Waals surface area (Å²) in [6.07, 6.45) is 0. The van der Waals surface area contributed by atoms with Crippen molar-refractivity contribution in [1.29, 1.82) is 0 Å². The first-order valence-electron chi connectivity index (χ1n) is 6.52. The fourth-order valence-corrected chi connectivity index (χ4v) is 3.94. The highest BCUT2D eigenvalue weighted by Crippen LogP contribution is 2.29. The first-order chi connectivity index (χ1) is 10.7. The molecule has 23 heavy (non-hydrogen) atoms. The van der Waals surface area contributed by atoms with Crippen LogP contribution in [0.5, 0.6) is 0 Å². The zero-order valence-electron chi connectivity index (χ0n) is 12.3. The second kappa shape index (κ2) is 6.38. The molecular formula is C13H14Cl2N4O3S. The SMILES string of the molecule is CCn1nc(C)c(NS(=O)(=O)c2cc(Cl)ccc2Cl)c1C(N)=O. The van der Waals surface area contributed by atoms with Crippen LogP contribution in [0.4, 0.5) is 5.69 Å². The van der Waals surface area contributed by atoms with E-state index < -0.39 is 15.9 Å². The van der Waals surface area contributed by atoms with Crippen LogP contribution >= 0.6 is 23.2 Å². The molecule has 0 radical (unpaired) electrons. The van der Waals surface area contributed by atoms with Gasteiger partial charge in [0.2, 0.25) is 0 Å².